The van der Waals surface area contributed by atoms with E-state index in [2.05, 4.69) is 72.8 Å². The van der Waals surface area contributed by atoms with Gasteiger partial charge in [-0.1, -0.05) is 62.1 Å². The van der Waals surface area contributed by atoms with Crippen molar-refractivity contribution in [2.75, 3.05) is 14.1 Å². The average Bonchev–Trinajstić information content (AvgIpc) is 4.24. The molecule has 6 N–H and O–H groups in total. The van der Waals surface area contributed by atoms with Gasteiger partial charge in [-0.05, 0) is 66.4 Å². The Balaban J connectivity index is 0.000000202. The van der Waals surface area contributed by atoms with Crippen molar-refractivity contribution < 1.29 is 19.2 Å². The molecule has 0 aliphatic carbocycles. The molecule has 352 valence electrons. The van der Waals surface area contributed by atoms with Crippen molar-refractivity contribution in [3.05, 3.63) is 131 Å². The Morgan fingerprint density at radius 2 is 1.29 bits per heavy atom. The molecule has 0 fully saturated rings. The summed E-state index contributed by atoms with van der Waals surface area (Å²) in [4.78, 5) is 73.0. The molecular weight excluding hydrogens is 899 g/mol. The fourth-order valence-corrected chi connectivity index (χ4v) is 8.54. The lowest BCUT2D eigenvalue weighted by Crippen LogP contribution is -2.29. The number of hydrogen-bond donors (Lipinski definition) is 6. The third kappa shape index (κ3) is 13.6. The number of nitrogens with one attached hydrogen (secondary N) is 6. The topological polar surface area (TPSA) is 230 Å². The minimum absolute atomic E-state index is 0.0461. The van der Waals surface area contributed by atoms with Crippen molar-refractivity contribution in [3.8, 4) is 33.8 Å². The van der Waals surface area contributed by atoms with E-state index in [1.807, 2.05) is 61.9 Å². The Bertz CT molecular complexity index is 2850. The van der Waals surface area contributed by atoms with Crippen LogP contribution in [0.15, 0.2) is 109 Å². The Kier molecular flexibility index (Phi) is 17.4. The maximum absolute atomic E-state index is 12.7. The molecule has 0 aliphatic rings. The molecule has 2 atom stereocenters. The Morgan fingerprint density at radius 3 is 1.88 bits per heavy atom. The van der Waals surface area contributed by atoms with Crippen LogP contribution in [0.2, 0.25) is 0 Å². The maximum Gasteiger partial charge on any atom is 0.263 e. The van der Waals surface area contributed by atoms with Crippen molar-refractivity contribution in [1.29, 1.82) is 0 Å². The summed E-state index contributed by atoms with van der Waals surface area (Å²) < 4.78 is 5.80. The smallest absolute Gasteiger partial charge is 0.263 e. The number of amides is 4. The SMILES string of the molecule is CNC(=O)CCCCC[C@H](NC(=O)c1cncs1)c1ncc(-c2ccc(-c3ccn(C)n3)cc2)[nH]1.CNC(=O)CCCCC[C@H](NC(=O)c1cnsc1)c1ncc(-c2ccc3ccncc3c2)[nH]1. The van der Waals surface area contributed by atoms with Crippen molar-refractivity contribution >= 4 is 57.3 Å². The summed E-state index contributed by atoms with van der Waals surface area (Å²) in [5.74, 6) is 1.17. The summed E-state index contributed by atoms with van der Waals surface area (Å²) in [5, 5.41) is 19.8. The van der Waals surface area contributed by atoms with Gasteiger partial charge < -0.3 is 31.2 Å². The van der Waals surface area contributed by atoms with E-state index in [9.17, 15) is 19.2 Å². The highest BCUT2D eigenvalue weighted by Crippen LogP contribution is 2.28. The molecule has 0 aliphatic heterocycles. The van der Waals surface area contributed by atoms with Gasteiger partial charge in [-0.15, -0.1) is 11.3 Å². The summed E-state index contributed by atoms with van der Waals surface area (Å²) in [6.07, 6.45) is 19.8. The first-order chi connectivity index (χ1) is 33.2. The van der Waals surface area contributed by atoms with Gasteiger partial charge in [0.15, 0.2) is 0 Å². The predicted molar refractivity (Wildman–Crippen MR) is 264 cm³/mol. The molecule has 0 unspecified atom stereocenters. The number of rotatable bonds is 21. The van der Waals surface area contributed by atoms with E-state index >= 15 is 0 Å². The number of thiazole rings is 1. The molecule has 17 nitrogen and oxygen atoms in total. The van der Waals surface area contributed by atoms with Crippen LogP contribution >= 0.6 is 22.9 Å². The Morgan fingerprint density at radius 1 is 0.662 bits per heavy atom. The molecule has 8 aromatic rings. The van der Waals surface area contributed by atoms with Gasteiger partial charge in [-0.25, -0.2) is 14.3 Å². The lowest BCUT2D eigenvalue weighted by atomic mass is 10.1. The van der Waals surface area contributed by atoms with Crippen LogP contribution in [0.1, 0.15) is 108 Å². The molecule has 0 bridgehead atoms. The second-order valence-electron chi connectivity index (χ2n) is 16.1. The van der Waals surface area contributed by atoms with Crippen LogP contribution < -0.4 is 21.3 Å². The van der Waals surface area contributed by atoms with Crippen molar-refractivity contribution in [1.82, 2.24) is 65.3 Å². The Hall–Kier alpha value is -7.38. The van der Waals surface area contributed by atoms with Gasteiger partial charge in [0.1, 0.15) is 16.5 Å². The third-order valence-corrected chi connectivity index (χ3v) is 12.7. The predicted octanol–water partition coefficient (Wildman–Crippen LogP) is 8.35. The van der Waals surface area contributed by atoms with Crippen LogP contribution in [-0.4, -0.2) is 81.8 Å². The van der Waals surface area contributed by atoms with Crippen LogP contribution in [0.3, 0.4) is 0 Å². The van der Waals surface area contributed by atoms with Gasteiger partial charge in [-0.2, -0.15) is 5.10 Å². The van der Waals surface area contributed by atoms with Gasteiger partial charge in [0.05, 0.1) is 65.0 Å². The minimum atomic E-state index is -0.272. The average molecular weight is 954 g/mol. The second kappa shape index (κ2) is 24.4. The van der Waals surface area contributed by atoms with Gasteiger partial charge in [0.2, 0.25) is 11.8 Å². The first-order valence-electron chi connectivity index (χ1n) is 22.5. The summed E-state index contributed by atoms with van der Waals surface area (Å²) in [7, 11) is 5.19. The van der Waals surface area contributed by atoms with E-state index in [1.165, 1.54) is 22.9 Å². The highest BCUT2D eigenvalue weighted by Gasteiger charge is 2.22. The quantitative estimate of drug-likeness (QED) is 0.0377. The van der Waals surface area contributed by atoms with E-state index in [0.717, 1.165) is 83.1 Å². The molecular formula is C49H55N13O4S2. The lowest BCUT2D eigenvalue weighted by molar-refractivity contribution is -0.121. The van der Waals surface area contributed by atoms with E-state index in [1.54, 1.807) is 60.7 Å². The molecule has 0 spiro atoms. The van der Waals surface area contributed by atoms with Crippen molar-refractivity contribution in [2.45, 2.75) is 76.3 Å². The van der Waals surface area contributed by atoms with Crippen LogP contribution in [-0.2, 0) is 16.6 Å². The first kappa shape index (κ1) is 48.6. The number of H-pyrrole nitrogens is 2. The van der Waals surface area contributed by atoms with E-state index in [4.69, 9.17) is 0 Å². The number of imidazole rings is 2. The number of benzene rings is 2. The van der Waals surface area contributed by atoms with Gasteiger partial charge in [0.25, 0.3) is 11.8 Å². The number of fused-ring (bicyclic) bond motifs is 1. The van der Waals surface area contributed by atoms with Gasteiger partial charge in [0, 0.05) is 74.5 Å². The zero-order chi connectivity index (χ0) is 47.7. The lowest BCUT2D eigenvalue weighted by Gasteiger charge is -2.16. The molecule has 0 saturated heterocycles. The summed E-state index contributed by atoms with van der Waals surface area (Å²) in [6.45, 7) is 0. The fraction of sp³-hybridized carbons (Fsp3) is 0.306. The Labute approximate surface area is 402 Å². The number of aromatic nitrogens is 9. The number of pyridine rings is 1. The second-order valence-corrected chi connectivity index (χ2v) is 17.7. The van der Waals surface area contributed by atoms with E-state index in [-0.39, 0.29) is 35.7 Å². The fourth-order valence-electron chi connectivity index (χ4n) is 7.50. The minimum Gasteiger partial charge on any atom is -0.359 e. The van der Waals surface area contributed by atoms with Crippen molar-refractivity contribution in [3.63, 3.8) is 0 Å². The highest BCUT2D eigenvalue weighted by molar-refractivity contribution is 7.11. The molecule has 8 rings (SSSR count). The zero-order valence-electron chi connectivity index (χ0n) is 38.2. The van der Waals surface area contributed by atoms with Gasteiger partial charge in [-0.3, -0.25) is 33.8 Å². The number of carbonyl (C=O) groups is 4. The molecule has 0 saturated carbocycles. The van der Waals surface area contributed by atoms with E-state index < -0.39 is 0 Å². The molecule has 4 amide bonds. The molecule has 0 radical (unpaired) electrons. The molecule has 68 heavy (non-hydrogen) atoms. The van der Waals surface area contributed by atoms with E-state index in [0.29, 0.717) is 47.8 Å². The van der Waals surface area contributed by atoms with Crippen molar-refractivity contribution in [2.24, 2.45) is 7.05 Å². The number of nitrogens with zero attached hydrogens (tertiary/aromatic N) is 7. The molecule has 6 heterocycles. The van der Waals surface area contributed by atoms with Crippen LogP contribution in [0.4, 0.5) is 0 Å². The largest absolute Gasteiger partial charge is 0.359 e. The number of carbonyl (C=O) groups excluding carboxylic acids is 4. The van der Waals surface area contributed by atoms with Gasteiger partial charge >= 0.3 is 0 Å². The number of unbranched alkanes of at least 4 members (excludes halogenated alkanes) is 4. The number of aromatic amines is 2. The van der Waals surface area contributed by atoms with Crippen LogP contribution in [0.5, 0.6) is 0 Å². The highest BCUT2D eigenvalue weighted by atomic mass is 32.1. The van der Waals surface area contributed by atoms with Crippen LogP contribution in [0, 0.1) is 0 Å². The molecule has 6 aromatic heterocycles. The normalized spacial score (nSPS) is 11.9. The summed E-state index contributed by atoms with van der Waals surface area (Å²) in [6, 6.07) is 17.7. The molecule has 2 aromatic carbocycles. The number of aryl methyl sites for hydroxylation is 1. The maximum atomic E-state index is 12.7. The molecule has 19 heteroatoms. The monoisotopic (exact) mass is 953 g/mol. The third-order valence-electron chi connectivity index (χ3n) is 11.3. The van der Waals surface area contributed by atoms with Crippen LogP contribution in [0.25, 0.3) is 44.5 Å². The first-order valence-corrected chi connectivity index (χ1v) is 24.2. The summed E-state index contributed by atoms with van der Waals surface area (Å²) in [5.41, 5.74) is 7.91. The standard InChI is InChI=1S/C25H29N7O2S.C24H26N6O2S/c1-26-23(33)7-5-3-4-6-20(30-25(34)22-15-27-16-35-22)24-28-14-21(29-24)18-10-8-17(9-11-18)19-12-13-32(2)31-19;1-25-22(31)6-4-2-3-5-20(30-24(32)19-13-28-33-15-19)23-27-14-21(29-23)17-8-7-16-9-10-26-12-18(16)11-17/h8-16,20H,3-7H2,1-2H3,(H,26,33)(H,28,29)(H,30,34);7-15,20H,2-6H2,1H3,(H,25,31)(H,27,29)(H,30,32)/t2*20-/m00/s1. The summed E-state index contributed by atoms with van der Waals surface area (Å²) >= 11 is 2.55. The number of hydrogen-bond acceptors (Lipinski definition) is 12. The zero-order valence-corrected chi connectivity index (χ0v) is 39.8.